The zero-order chi connectivity index (χ0) is 10.7. The molecule has 2 rings (SSSR count). The van der Waals surface area contributed by atoms with Crippen LogP contribution in [0.5, 0.6) is 0 Å². The van der Waals surface area contributed by atoms with Crippen LogP contribution in [0.4, 0.5) is 0 Å². The average Bonchev–Trinajstić information content (AvgIpc) is 2.30. The minimum absolute atomic E-state index is 0.234. The standard InChI is InChI=1S/C13H18NO/c14-9-10-5-7-11(8-6-10)12-3-1-2-4-13(12)15/h5-8,13,15H,1-4,9,14H2. The van der Waals surface area contributed by atoms with E-state index in [4.69, 9.17) is 5.73 Å². The van der Waals surface area contributed by atoms with Crippen molar-refractivity contribution >= 4 is 0 Å². The molecule has 2 nitrogen and oxygen atoms in total. The van der Waals surface area contributed by atoms with Crippen LogP contribution in [-0.2, 0) is 6.54 Å². The van der Waals surface area contributed by atoms with E-state index in [-0.39, 0.29) is 6.10 Å². The summed E-state index contributed by atoms with van der Waals surface area (Å²) in [4.78, 5) is 0. The smallest absolute Gasteiger partial charge is 0.0646 e. The largest absolute Gasteiger partial charge is 0.392 e. The van der Waals surface area contributed by atoms with Crippen molar-refractivity contribution in [2.24, 2.45) is 5.73 Å². The second kappa shape index (κ2) is 4.77. The quantitative estimate of drug-likeness (QED) is 0.774. The highest BCUT2D eigenvalue weighted by atomic mass is 16.3. The first-order valence-corrected chi connectivity index (χ1v) is 5.64. The van der Waals surface area contributed by atoms with Gasteiger partial charge >= 0.3 is 0 Å². The number of hydrogen-bond acceptors (Lipinski definition) is 2. The van der Waals surface area contributed by atoms with Gasteiger partial charge in [0, 0.05) is 12.5 Å². The number of aliphatic hydroxyl groups is 1. The predicted octanol–water partition coefficient (Wildman–Crippen LogP) is 2.00. The molecule has 0 aliphatic heterocycles. The van der Waals surface area contributed by atoms with E-state index in [1.54, 1.807) is 0 Å². The zero-order valence-corrected chi connectivity index (χ0v) is 8.95. The molecule has 0 aromatic heterocycles. The lowest BCUT2D eigenvalue weighted by Gasteiger charge is -2.27. The van der Waals surface area contributed by atoms with Gasteiger partial charge in [0.15, 0.2) is 0 Å². The molecule has 1 radical (unpaired) electrons. The van der Waals surface area contributed by atoms with Gasteiger partial charge in [-0.3, -0.25) is 0 Å². The highest BCUT2D eigenvalue weighted by Crippen LogP contribution is 2.32. The molecule has 1 aromatic rings. The third kappa shape index (κ3) is 2.39. The Morgan fingerprint density at radius 2 is 1.93 bits per heavy atom. The first-order chi connectivity index (χ1) is 7.31. The van der Waals surface area contributed by atoms with Crippen LogP contribution in [0.15, 0.2) is 24.3 Å². The van der Waals surface area contributed by atoms with Crippen molar-refractivity contribution in [3.8, 4) is 0 Å². The molecule has 81 valence electrons. The van der Waals surface area contributed by atoms with Crippen LogP contribution in [0.1, 0.15) is 36.8 Å². The average molecular weight is 204 g/mol. The van der Waals surface area contributed by atoms with Crippen LogP contribution in [-0.4, -0.2) is 11.2 Å². The fourth-order valence-electron chi connectivity index (χ4n) is 2.19. The van der Waals surface area contributed by atoms with Crippen LogP contribution >= 0.6 is 0 Å². The first kappa shape index (κ1) is 10.7. The molecule has 1 atom stereocenters. The van der Waals surface area contributed by atoms with Crippen molar-refractivity contribution in [2.45, 2.75) is 38.3 Å². The monoisotopic (exact) mass is 204 g/mol. The molecule has 1 aliphatic carbocycles. The summed E-state index contributed by atoms with van der Waals surface area (Å²) in [5.74, 6) is 1.20. The maximum Gasteiger partial charge on any atom is 0.0646 e. The fraction of sp³-hybridized carbons (Fsp3) is 0.462. The van der Waals surface area contributed by atoms with Gasteiger partial charge in [0.05, 0.1) is 6.10 Å². The molecule has 0 heterocycles. The summed E-state index contributed by atoms with van der Waals surface area (Å²) in [6.07, 6.45) is 4.05. The summed E-state index contributed by atoms with van der Waals surface area (Å²) < 4.78 is 0. The van der Waals surface area contributed by atoms with Gasteiger partial charge in [-0.15, -0.1) is 0 Å². The molecule has 0 spiro atoms. The third-order valence-electron chi connectivity index (χ3n) is 3.14. The van der Waals surface area contributed by atoms with Crippen molar-refractivity contribution in [1.29, 1.82) is 0 Å². The minimum Gasteiger partial charge on any atom is -0.392 e. The lowest BCUT2D eigenvalue weighted by atomic mass is 9.81. The molecule has 1 aromatic carbocycles. The molecule has 1 fully saturated rings. The number of benzene rings is 1. The molecule has 1 saturated carbocycles. The van der Waals surface area contributed by atoms with Crippen molar-refractivity contribution in [2.75, 3.05) is 0 Å². The van der Waals surface area contributed by atoms with E-state index in [1.165, 1.54) is 17.9 Å². The molecule has 2 heteroatoms. The summed E-state index contributed by atoms with van der Waals surface area (Å²) >= 11 is 0. The number of aliphatic hydroxyl groups excluding tert-OH is 1. The molecule has 3 N–H and O–H groups in total. The predicted molar refractivity (Wildman–Crippen MR) is 61.2 cm³/mol. The highest BCUT2D eigenvalue weighted by molar-refractivity contribution is 5.35. The van der Waals surface area contributed by atoms with E-state index < -0.39 is 0 Å². The molecule has 0 amide bonds. The summed E-state index contributed by atoms with van der Waals surface area (Å²) in [6.45, 7) is 0.582. The summed E-state index contributed by atoms with van der Waals surface area (Å²) in [6, 6.07) is 8.24. The summed E-state index contributed by atoms with van der Waals surface area (Å²) in [7, 11) is 0. The fourth-order valence-corrected chi connectivity index (χ4v) is 2.19. The highest BCUT2D eigenvalue weighted by Gasteiger charge is 2.24. The van der Waals surface area contributed by atoms with Gasteiger partial charge in [-0.25, -0.2) is 0 Å². The van der Waals surface area contributed by atoms with Gasteiger partial charge in [0.25, 0.3) is 0 Å². The maximum atomic E-state index is 9.89. The van der Waals surface area contributed by atoms with Gasteiger partial charge in [0.2, 0.25) is 0 Å². The molecular formula is C13H18NO. The Balaban J connectivity index is 2.13. The summed E-state index contributed by atoms with van der Waals surface area (Å²) in [5.41, 5.74) is 7.87. The molecule has 1 aliphatic rings. The first-order valence-electron chi connectivity index (χ1n) is 5.64. The molecule has 0 saturated heterocycles. The molecule has 15 heavy (non-hydrogen) atoms. The second-order valence-corrected chi connectivity index (χ2v) is 4.19. The second-order valence-electron chi connectivity index (χ2n) is 4.19. The number of rotatable bonds is 2. The van der Waals surface area contributed by atoms with Gasteiger partial charge in [-0.1, -0.05) is 37.1 Å². The Bertz CT molecular complexity index is 307. The minimum atomic E-state index is -0.234. The Morgan fingerprint density at radius 3 is 2.53 bits per heavy atom. The lowest BCUT2D eigenvalue weighted by molar-refractivity contribution is 0.157. The van der Waals surface area contributed by atoms with Crippen molar-refractivity contribution < 1.29 is 5.11 Å². The van der Waals surface area contributed by atoms with E-state index in [2.05, 4.69) is 12.1 Å². The number of hydrogen-bond donors (Lipinski definition) is 2. The lowest BCUT2D eigenvalue weighted by Crippen LogP contribution is -2.23. The van der Waals surface area contributed by atoms with E-state index in [0.29, 0.717) is 6.54 Å². The van der Waals surface area contributed by atoms with Crippen molar-refractivity contribution in [1.82, 2.24) is 0 Å². The Morgan fingerprint density at radius 1 is 1.20 bits per heavy atom. The van der Waals surface area contributed by atoms with Gasteiger partial charge in [-0.05, 0) is 24.0 Å². The molecule has 1 unspecified atom stereocenters. The van der Waals surface area contributed by atoms with Gasteiger partial charge in [0.1, 0.15) is 0 Å². The van der Waals surface area contributed by atoms with Crippen LogP contribution in [0.3, 0.4) is 0 Å². The molecular weight excluding hydrogens is 186 g/mol. The summed E-state index contributed by atoms with van der Waals surface area (Å²) in [5, 5.41) is 9.89. The number of nitrogens with two attached hydrogens (primary N) is 1. The SMILES string of the molecule is NCc1ccc([C]2CCCCC2O)cc1. The molecule has 0 bridgehead atoms. The van der Waals surface area contributed by atoms with Crippen molar-refractivity contribution in [3.63, 3.8) is 0 Å². The maximum absolute atomic E-state index is 9.89. The normalized spacial score (nSPS) is 22.9. The Labute approximate surface area is 91.1 Å². The van der Waals surface area contributed by atoms with Gasteiger partial charge < -0.3 is 10.8 Å². The van der Waals surface area contributed by atoms with Crippen LogP contribution in [0.2, 0.25) is 0 Å². The Hall–Kier alpha value is -0.860. The van der Waals surface area contributed by atoms with E-state index >= 15 is 0 Å². The van der Waals surface area contributed by atoms with E-state index in [0.717, 1.165) is 24.8 Å². The van der Waals surface area contributed by atoms with Crippen molar-refractivity contribution in [3.05, 3.63) is 41.3 Å². The topological polar surface area (TPSA) is 46.2 Å². The van der Waals surface area contributed by atoms with Crippen LogP contribution in [0, 0.1) is 5.92 Å². The zero-order valence-electron chi connectivity index (χ0n) is 8.95. The Kier molecular flexibility index (Phi) is 3.39. The van der Waals surface area contributed by atoms with E-state index in [1.807, 2.05) is 12.1 Å². The third-order valence-corrected chi connectivity index (χ3v) is 3.14. The van der Waals surface area contributed by atoms with E-state index in [9.17, 15) is 5.11 Å². The van der Waals surface area contributed by atoms with Crippen LogP contribution < -0.4 is 5.73 Å². The van der Waals surface area contributed by atoms with Crippen LogP contribution in [0.25, 0.3) is 0 Å². The van der Waals surface area contributed by atoms with Gasteiger partial charge in [-0.2, -0.15) is 0 Å².